The van der Waals surface area contributed by atoms with Crippen LogP contribution in [0.3, 0.4) is 0 Å². The quantitative estimate of drug-likeness (QED) is 0.290. The maximum absolute atomic E-state index is 10.1. The van der Waals surface area contributed by atoms with Gasteiger partial charge in [-0.15, -0.1) is 0 Å². The summed E-state index contributed by atoms with van der Waals surface area (Å²) >= 11 is 3.65. The second kappa shape index (κ2) is 9.99. The number of carboxylic acids is 2. The van der Waals surface area contributed by atoms with Gasteiger partial charge in [0.1, 0.15) is 6.04 Å². The molecule has 0 saturated carbocycles. The Bertz CT molecular complexity index is 278. The molecule has 7 nitrogen and oxygen atoms in total. The molecule has 0 aromatic rings. The SMILES string of the molecule is COC(=O)/C=C/C(=O)O.N[C@@H](CS)C(=O)O. The topological polar surface area (TPSA) is 127 Å². The molecule has 0 amide bonds. The van der Waals surface area contributed by atoms with Crippen LogP contribution >= 0.6 is 12.6 Å². The Morgan fingerprint density at radius 3 is 2.06 bits per heavy atom. The number of thiol groups is 1. The molecule has 1 atom stereocenters. The number of nitrogens with two attached hydrogens (primary N) is 1. The first kappa shape index (κ1) is 16.9. The van der Waals surface area contributed by atoms with Crippen LogP contribution in [-0.4, -0.2) is 47.0 Å². The number of rotatable bonds is 4. The summed E-state index contributed by atoms with van der Waals surface area (Å²) < 4.78 is 4.11. The van der Waals surface area contributed by atoms with Crippen LogP contribution in [0.5, 0.6) is 0 Å². The largest absolute Gasteiger partial charge is 0.480 e. The highest BCUT2D eigenvalue weighted by atomic mass is 32.1. The molecule has 0 aliphatic rings. The maximum atomic E-state index is 10.1. The third kappa shape index (κ3) is 12.5. The minimum atomic E-state index is -1.17. The van der Waals surface area contributed by atoms with Gasteiger partial charge in [0.25, 0.3) is 0 Å². The van der Waals surface area contributed by atoms with Crippen molar-refractivity contribution in [1.82, 2.24) is 0 Å². The van der Waals surface area contributed by atoms with Crippen molar-refractivity contribution >= 4 is 30.5 Å². The van der Waals surface area contributed by atoms with Gasteiger partial charge in [-0.2, -0.15) is 12.6 Å². The fourth-order valence-corrected chi connectivity index (χ4v) is 0.442. The van der Waals surface area contributed by atoms with Crippen LogP contribution in [0, 0.1) is 0 Å². The number of ether oxygens (including phenoxy) is 1. The second-order valence-electron chi connectivity index (χ2n) is 2.32. The summed E-state index contributed by atoms with van der Waals surface area (Å²) in [5.41, 5.74) is 4.94. The average molecular weight is 251 g/mol. The van der Waals surface area contributed by atoms with Gasteiger partial charge in [0.05, 0.1) is 7.11 Å². The van der Waals surface area contributed by atoms with E-state index >= 15 is 0 Å². The molecule has 0 rings (SSSR count). The monoisotopic (exact) mass is 251 g/mol. The summed E-state index contributed by atoms with van der Waals surface area (Å²) in [4.78, 5) is 29.6. The van der Waals surface area contributed by atoms with E-state index in [0.29, 0.717) is 6.08 Å². The van der Waals surface area contributed by atoms with Gasteiger partial charge in [-0.1, -0.05) is 0 Å². The molecule has 0 aromatic heterocycles. The lowest BCUT2D eigenvalue weighted by Crippen LogP contribution is -2.31. The lowest BCUT2D eigenvalue weighted by molar-refractivity contribution is -0.138. The van der Waals surface area contributed by atoms with E-state index in [1.54, 1.807) is 0 Å². The van der Waals surface area contributed by atoms with Gasteiger partial charge >= 0.3 is 17.9 Å². The van der Waals surface area contributed by atoms with Crippen molar-refractivity contribution in [2.24, 2.45) is 5.73 Å². The normalized spacial score (nSPS) is 11.2. The minimum absolute atomic E-state index is 0.190. The van der Waals surface area contributed by atoms with Crippen molar-refractivity contribution in [1.29, 1.82) is 0 Å². The van der Waals surface area contributed by atoms with Gasteiger partial charge in [0, 0.05) is 17.9 Å². The molecule has 8 heteroatoms. The number of carbonyl (C=O) groups excluding carboxylic acids is 1. The van der Waals surface area contributed by atoms with Crippen molar-refractivity contribution in [3.8, 4) is 0 Å². The van der Waals surface area contributed by atoms with Gasteiger partial charge in [0.15, 0.2) is 0 Å². The lowest BCUT2D eigenvalue weighted by Gasteiger charge is -1.96. The van der Waals surface area contributed by atoms with E-state index in [0.717, 1.165) is 6.08 Å². The first-order valence-corrected chi connectivity index (χ1v) is 4.56. The zero-order valence-electron chi connectivity index (χ0n) is 8.49. The molecule has 0 fully saturated rings. The van der Waals surface area contributed by atoms with Crippen LogP contribution in [0.25, 0.3) is 0 Å². The molecule has 0 aliphatic heterocycles. The standard InChI is InChI=1S/C5H6O4.C3H7NO2S/c1-9-5(8)3-2-4(6)7;4-2(1-7)3(5)6/h2-3H,1H3,(H,6,7);2,7H,1,4H2,(H,5,6)/b3-2+;/t;2-/m.0/s1. The van der Waals surface area contributed by atoms with Crippen LogP contribution in [0.1, 0.15) is 0 Å². The van der Waals surface area contributed by atoms with E-state index in [4.69, 9.17) is 15.9 Å². The van der Waals surface area contributed by atoms with Gasteiger partial charge < -0.3 is 20.7 Å². The van der Waals surface area contributed by atoms with Gasteiger partial charge in [0.2, 0.25) is 0 Å². The zero-order chi connectivity index (χ0) is 13.1. The number of methoxy groups -OCH3 is 1. The van der Waals surface area contributed by atoms with E-state index in [-0.39, 0.29) is 5.75 Å². The zero-order valence-corrected chi connectivity index (χ0v) is 9.39. The van der Waals surface area contributed by atoms with Crippen molar-refractivity contribution in [3.05, 3.63) is 12.2 Å². The Hall–Kier alpha value is -1.54. The number of carboxylic acid groups (broad SMARTS) is 2. The van der Waals surface area contributed by atoms with Crippen LogP contribution in [0.2, 0.25) is 0 Å². The highest BCUT2D eigenvalue weighted by molar-refractivity contribution is 7.80. The Morgan fingerprint density at radius 2 is 1.88 bits per heavy atom. The predicted octanol–water partition coefficient (Wildman–Crippen LogP) is -0.872. The Balaban J connectivity index is 0. The van der Waals surface area contributed by atoms with Crippen molar-refractivity contribution < 1.29 is 29.3 Å². The van der Waals surface area contributed by atoms with Crippen LogP contribution < -0.4 is 5.73 Å². The molecular formula is C8H13NO6S. The Labute approximate surface area is 97.3 Å². The summed E-state index contributed by atoms with van der Waals surface area (Å²) in [5, 5.41) is 16.0. The van der Waals surface area contributed by atoms with Crippen molar-refractivity contribution in [2.75, 3.05) is 12.9 Å². The summed E-state index contributed by atoms with van der Waals surface area (Å²) in [5.74, 6) is -2.65. The summed E-state index contributed by atoms with van der Waals surface area (Å²) in [6.07, 6.45) is 1.55. The number of esters is 1. The predicted molar refractivity (Wildman–Crippen MR) is 58.3 cm³/mol. The fraction of sp³-hybridized carbons (Fsp3) is 0.375. The molecule has 0 radical (unpaired) electrons. The molecule has 16 heavy (non-hydrogen) atoms. The van der Waals surface area contributed by atoms with E-state index in [1.807, 2.05) is 0 Å². The van der Waals surface area contributed by atoms with Crippen molar-refractivity contribution in [3.63, 3.8) is 0 Å². The smallest absolute Gasteiger partial charge is 0.330 e. The van der Waals surface area contributed by atoms with Gasteiger partial charge in [-0.3, -0.25) is 4.79 Å². The average Bonchev–Trinajstić information content (AvgIpc) is 2.25. The highest BCUT2D eigenvalue weighted by Crippen LogP contribution is 1.80. The first-order valence-electron chi connectivity index (χ1n) is 3.93. The van der Waals surface area contributed by atoms with Gasteiger partial charge in [-0.25, -0.2) is 9.59 Å². The fourth-order valence-electron chi connectivity index (χ4n) is 0.285. The molecule has 0 aromatic carbocycles. The maximum Gasteiger partial charge on any atom is 0.330 e. The number of carbonyl (C=O) groups is 3. The molecule has 0 spiro atoms. The van der Waals surface area contributed by atoms with Gasteiger partial charge in [-0.05, 0) is 0 Å². The number of hydrogen-bond acceptors (Lipinski definition) is 6. The lowest BCUT2D eigenvalue weighted by atomic mass is 10.4. The minimum Gasteiger partial charge on any atom is -0.480 e. The third-order valence-electron chi connectivity index (χ3n) is 1.08. The molecule has 92 valence electrons. The Kier molecular flexibility index (Phi) is 10.5. The number of hydrogen-bond donors (Lipinski definition) is 4. The molecule has 0 aliphatic carbocycles. The molecule has 0 heterocycles. The molecule has 0 bridgehead atoms. The van der Waals surface area contributed by atoms with Crippen LogP contribution in [0.15, 0.2) is 12.2 Å². The van der Waals surface area contributed by atoms with E-state index in [1.165, 1.54) is 7.11 Å². The summed E-state index contributed by atoms with van der Waals surface area (Å²) in [6.45, 7) is 0. The first-order chi connectivity index (χ1) is 7.34. The second-order valence-corrected chi connectivity index (χ2v) is 2.69. The van der Waals surface area contributed by atoms with Crippen molar-refractivity contribution in [2.45, 2.75) is 6.04 Å². The molecule has 0 saturated heterocycles. The van der Waals surface area contributed by atoms with Crippen LogP contribution in [0.4, 0.5) is 0 Å². The summed E-state index contributed by atoms with van der Waals surface area (Å²) in [6, 6.07) is -0.816. The number of aliphatic carboxylic acids is 2. The molecule has 4 N–H and O–H groups in total. The molecular weight excluding hydrogens is 238 g/mol. The van der Waals surface area contributed by atoms with Crippen LogP contribution in [-0.2, 0) is 19.1 Å². The Morgan fingerprint density at radius 1 is 1.38 bits per heavy atom. The third-order valence-corrected chi connectivity index (χ3v) is 1.47. The van der Waals surface area contributed by atoms with E-state index < -0.39 is 23.9 Å². The molecule has 0 unspecified atom stereocenters. The highest BCUT2D eigenvalue weighted by Gasteiger charge is 2.06. The van der Waals surface area contributed by atoms with E-state index in [9.17, 15) is 14.4 Å². The summed E-state index contributed by atoms with van der Waals surface area (Å²) in [7, 11) is 1.18. The van der Waals surface area contributed by atoms with E-state index in [2.05, 4.69) is 17.4 Å².